The highest BCUT2D eigenvalue weighted by Crippen LogP contribution is 2.34. The van der Waals surface area contributed by atoms with E-state index in [4.69, 9.17) is 14.2 Å². The maximum Gasteiger partial charge on any atom is 0.343 e. The molecule has 0 heterocycles. The molecule has 186 valence electrons. The summed E-state index contributed by atoms with van der Waals surface area (Å²) in [6.07, 6.45) is 14.5. The van der Waals surface area contributed by atoms with Gasteiger partial charge in [0.25, 0.3) is 0 Å². The van der Waals surface area contributed by atoms with Gasteiger partial charge in [-0.15, -0.1) is 0 Å². The lowest BCUT2D eigenvalue weighted by Crippen LogP contribution is -2.15. The molecule has 0 saturated heterocycles. The number of esters is 1. The molecule has 0 radical (unpaired) electrons. The quantitative estimate of drug-likeness (QED) is 0.160. The number of hydrogen-bond acceptors (Lipinski definition) is 4. The maximum absolute atomic E-state index is 12.4. The molecular weight excluding hydrogens is 424 g/mol. The van der Waals surface area contributed by atoms with Crippen molar-refractivity contribution < 1.29 is 19.0 Å². The van der Waals surface area contributed by atoms with E-state index in [1.54, 1.807) is 36.4 Å². The highest BCUT2D eigenvalue weighted by molar-refractivity contribution is 5.91. The first kappa shape index (κ1) is 26.1. The Bertz CT molecular complexity index is 820. The van der Waals surface area contributed by atoms with E-state index in [-0.39, 0.29) is 5.97 Å². The molecule has 3 rings (SSSR count). The Morgan fingerprint density at radius 2 is 1.21 bits per heavy atom. The molecule has 4 heteroatoms. The van der Waals surface area contributed by atoms with Crippen LogP contribution >= 0.6 is 0 Å². The summed E-state index contributed by atoms with van der Waals surface area (Å²) >= 11 is 0. The van der Waals surface area contributed by atoms with Gasteiger partial charge in [0.1, 0.15) is 17.2 Å². The van der Waals surface area contributed by atoms with Gasteiger partial charge in [0.15, 0.2) is 0 Å². The second-order valence-corrected chi connectivity index (χ2v) is 9.61. The molecule has 4 nitrogen and oxygen atoms in total. The van der Waals surface area contributed by atoms with Crippen LogP contribution in [0.25, 0.3) is 0 Å². The summed E-state index contributed by atoms with van der Waals surface area (Å²) in [7, 11) is 0. The molecule has 2 aromatic carbocycles. The van der Waals surface area contributed by atoms with Crippen LogP contribution in [0.5, 0.6) is 17.2 Å². The molecule has 0 atom stereocenters. The number of benzene rings is 2. The van der Waals surface area contributed by atoms with Gasteiger partial charge in [0.2, 0.25) is 0 Å². The van der Waals surface area contributed by atoms with Gasteiger partial charge in [-0.25, -0.2) is 4.79 Å². The van der Waals surface area contributed by atoms with Crippen LogP contribution in [0, 0.1) is 11.8 Å². The zero-order chi connectivity index (χ0) is 24.0. The average Bonchev–Trinajstić information content (AvgIpc) is 2.87. The maximum atomic E-state index is 12.4. The second-order valence-electron chi connectivity index (χ2n) is 9.61. The van der Waals surface area contributed by atoms with E-state index in [1.807, 2.05) is 12.1 Å². The molecule has 0 N–H and O–H groups in total. The summed E-state index contributed by atoms with van der Waals surface area (Å²) < 4.78 is 17.0. The molecule has 0 bridgehead atoms. The van der Waals surface area contributed by atoms with Gasteiger partial charge >= 0.3 is 5.97 Å². The molecule has 1 saturated carbocycles. The van der Waals surface area contributed by atoms with Crippen LogP contribution < -0.4 is 14.2 Å². The highest BCUT2D eigenvalue weighted by atomic mass is 16.5. The zero-order valence-electron chi connectivity index (χ0n) is 21.1. The average molecular weight is 467 g/mol. The second kappa shape index (κ2) is 14.7. The van der Waals surface area contributed by atoms with Crippen molar-refractivity contribution in [2.75, 3.05) is 13.2 Å². The normalized spacial score (nSPS) is 17.8. The molecule has 1 fully saturated rings. The van der Waals surface area contributed by atoms with Crippen LogP contribution in [0.1, 0.15) is 94.8 Å². The fourth-order valence-electron chi connectivity index (χ4n) is 4.73. The topological polar surface area (TPSA) is 44.8 Å². The molecule has 0 aliphatic heterocycles. The SMILES string of the molecule is CCCCC[C@H]1CC[C@H](CCCOc2ccc(OC(=O)c3ccc(OCCC)cc3)cc2)CC1. The van der Waals surface area contributed by atoms with Crippen molar-refractivity contribution >= 4 is 5.97 Å². The third-order valence-corrected chi connectivity index (χ3v) is 6.80. The summed E-state index contributed by atoms with van der Waals surface area (Å²) in [5.74, 6) is 3.56. The van der Waals surface area contributed by atoms with Gasteiger partial charge in [0.05, 0.1) is 18.8 Å². The van der Waals surface area contributed by atoms with Gasteiger partial charge in [0, 0.05) is 0 Å². The van der Waals surface area contributed by atoms with Gasteiger partial charge in [-0.3, -0.25) is 0 Å². The summed E-state index contributed by atoms with van der Waals surface area (Å²) in [5, 5.41) is 0. The van der Waals surface area contributed by atoms with Crippen molar-refractivity contribution in [2.45, 2.75) is 84.5 Å². The molecule has 2 aromatic rings. The lowest BCUT2D eigenvalue weighted by atomic mass is 9.78. The van der Waals surface area contributed by atoms with Gasteiger partial charge in [-0.05, 0) is 79.6 Å². The van der Waals surface area contributed by atoms with Gasteiger partial charge < -0.3 is 14.2 Å². The molecule has 0 unspecified atom stereocenters. The van der Waals surface area contributed by atoms with Crippen molar-refractivity contribution in [3.8, 4) is 17.2 Å². The Kier molecular flexibility index (Phi) is 11.3. The number of unbranched alkanes of at least 4 members (excludes halogenated alkanes) is 2. The third-order valence-electron chi connectivity index (χ3n) is 6.80. The van der Waals surface area contributed by atoms with Crippen molar-refractivity contribution in [2.24, 2.45) is 11.8 Å². The summed E-state index contributed by atoms with van der Waals surface area (Å²) in [6, 6.07) is 14.3. The van der Waals surface area contributed by atoms with Crippen LogP contribution in [0.3, 0.4) is 0 Å². The molecule has 0 spiro atoms. The molecule has 34 heavy (non-hydrogen) atoms. The van der Waals surface area contributed by atoms with E-state index in [2.05, 4.69) is 13.8 Å². The van der Waals surface area contributed by atoms with Crippen LogP contribution in [0.2, 0.25) is 0 Å². The van der Waals surface area contributed by atoms with E-state index < -0.39 is 0 Å². The number of hydrogen-bond donors (Lipinski definition) is 0. The first-order chi connectivity index (χ1) is 16.7. The molecule has 0 amide bonds. The van der Waals surface area contributed by atoms with Crippen LogP contribution in [0.4, 0.5) is 0 Å². The first-order valence-electron chi connectivity index (χ1n) is 13.4. The van der Waals surface area contributed by atoms with Crippen LogP contribution in [-0.2, 0) is 0 Å². The predicted molar refractivity (Wildman–Crippen MR) is 138 cm³/mol. The Labute approximate surface area is 206 Å². The van der Waals surface area contributed by atoms with Gasteiger partial charge in [-0.1, -0.05) is 65.2 Å². The lowest BCUT2D eigenvalue weighted by Gasteiger charge is -2.28. The fraction of sp³-hybridized carbons (Fsp3) is 0.567. The van der Waals surface area contributed by atoms with Crippen molar-refractivity contribution in [3.05, 3.63) is 54.1 Å². The third kappa shape index (κ3) is 9.04. The Balaban J connectivity index is 1.31. The number of rotatable bonds is 14. The van der Waals surface area contributed by atoms with Crippen molar-refractivity contribution in [3.63, 3.8) is 0 Å². The van der Waals surface area contributed by atoms with Crippen LogP contribution in [0.15, 0.2) is 48.5 Å². The summed E-state index contributed by atoms with van der Waals surface area (Å²) in [4.78, 5) is 12.4. The van der Waals surface area contributed by atoms with E-state index >= 15 is 0 Å². The Morgan fingerprint density at radius 1 is 0.676 bits per heavy atom. The summed E-state index contributed by atoms with van der Waals surface area (Å²) in [6.45, 7) is 5.75. The molecule has 1 aliphatic carbocycles. The minimum atomic E-state index is -0.379. The monoisotopic (exact) mass is 466 g/mol. The minimum Gasteiger partial charge on any atom is -0.494 e. The lowest BCUT2D eigenvalue weighted by molar-refractivity contribution is 0.0734. The van der Waals surface area contributed by atoms with Crippen LogP contribution in [-0.4, -0.2) is 19.2 Å². The first-order valence-corrected chi connectivity index (χ1v) is 13.4. The summed E-state index contributed by atoms with van der Waals surface area (Å²) in [5.41, 5.74) is 0.499. The molecular formula is C30H42O4. The van der Waals surface area contributed by atoms with E-state index in [1.165, 1.54) is 57.8 Å². The van der Waals surface area contributed by atoms with E-state index in [0.717, 1.165) is 42.8 Å². The highest BCUT2D eigenvalue weighted by Gasteiger charge is 2.20. The Hall–Kier alpha value is -2.49. The van der Waals surface area contributed by atoms with Gasteiger partial charge in [-0.2, -0.15) is 0 Å². The standard InChI is InChI=1S/C30H42O4/c1-3-5-6-8-24-10-12-25(13-11-24)9-7-23-33-28-18-20-29(21-19-28)34-30(31)26-14-16-27(17-15-26)32-22-4-2/h14-21,24-25H,3-13,22-23H2,1-2H3/t24-,25-. The predicted octanol–water partition coefficient (Wildman–Crippen LogP) is 8.24. The van der Waals surface area contributed by atoms with E-state index in [0.29, 0.717) is 17.9 Å². The largest absolute Gasteiger partial charge is 0.494 e. The zero-order valence-corrected chi connectivity index (χ0v) is 21.1. The minimum absolute atomic E-state index is 0.379. The number of carbonyl (C=O) groups is 1. The van der Waals surface area contributed by atoms with Crippen molar-refractivity contribution in [1.82, 2.24) is 0 Å². The fourth-order valence-corrected chi connectivity index (χ4v) is 4.73. The number of carbonyl (C=O) groups excluding carboxylic acids is 1. The molecule has 1 aliphatic rings. The van der Waals surface area contributed by atoms with Crippen molar-refractivity contribution in [1.29, 1.82) is 0 Å². The Morgan fingerprint density at radius 3 is 1.79 bits per heavy atom. The smallest absolute Gasteiger partial charge is 0.343 e. The number of ether oxygens (including phenoxy) is 3. The molecule has 0 aromatic heterocycles. The van der Waals surface area contributed by atoms with E-state index in [9.17, 15) is 4.79 Å².